The van der Waals surface area contributed by atoms with Crippen LogP contribution in [0.2, 0.25) is 0 Å². The van der Waals surface area contributed by atoms with E-state index in [4.69, 9.17) is 0 Å². The minimum atomic E-state index is -0.447. The summed E-state index contributed by atoms with van der Waals surface area (Å²) in [7, 11) is 3.45. The SMILES string of the molecule is COC(=O)Cc1c(C)nc2nc(NCCCN3CCN(C)CC3)nn2c1O. The summed E-state index contributed by atoms with van der Waals surface area (Å²) in [6.07, 6.45) is 0.913. The van der Waals surface area contributed by atoms with Gasteiger partial charge in [-0.1, -0.05) is 0 Å². The Morgan fingerprint density at radius 1 is 1.26 bits per heavy atom. The van der Waals surface area contributed by atoms with Crippen molar-refractivity contribution in [3.8, 4) is 5.88 Å². The van der Waals surface area contributed by atoms with E-state index in [0.29, 0.717) is 23.0 Å². The third-order valence-corrected chi connectivity index (χ3v) is 4.84. The number of hydrogen-bond donors (Lipinski definition) is 2. The number of aromatic hydroxyl groups is 1. The third-order valence-electron chi connectivity index (χ3n) is 4.84. The van der Waals surface area contributed by atoms with E-state index in [1.54, 1.807) is 6.92 Å². The first kappa shape index (κ1) is 19.3. The largest absolute Gasteiger partial charge is 0.493 e. The molecule has 148 valence electrons. The predicted molar refractivity (Wildman–Crippen MR) is 99.9 cm³/mol. The molecular weight excluding hydrogens is 350 g/mol. The Balaban J connectivity index is 1.59. The van der Waals surface area contributed by atoms with E-state index in [0.717, 1.165) is 45.7 Å². The van der Waals surface area contributed by atoms with E-state index in [1.807, 2.05) is 0 Å². The lowest BCUT2D eigenvalue weighted by atomic mass is 10.1. The summed E-state index contributed by atoms with van der Waals surface area (Å²) in [6, 6.07) is 0. The number of hydrogen-bond acceptors (Lipinski definition) is 9. The van der Waals surface area contributed by atoms with Gasteiger partial charge in [0.05, 0.1) is 19.2 Å². The number of nitrogens with zero attached hydrogens (tertiary/aromatic N) is 6. The summed E-state index contributed by atoms with van der Waals surface area (Å²) in [6.45, 7) is 7.90. The van der Waals surface area contributed by atoms with Gasteiger partial charge in [-0.3, -0.25) is 4.79 Å². The van der Waals surface area contributed by atoms with Crippen LogP contribution < -0.4 is 5.32 Å². The fourth-order valence-corrected chi connectivity index (χ4v) is 3.10. The highest BCUT2D eigenvalue weighted by atomic mass is 16.5. The lowest BCUT2D eigenvalue weighted by Crippen LogP contribution is -2.44. The monoisotopic (exact) mass is 377 g/mol. The van der Waals surface area contributed by atoms with Gasteiger partial charge in [0, 0.05) is 38.3 Å². The number of carbonyl (C=O) groups is 1. The van der Waals surface area contributed by atoms with Crippen LogP contribution in [0.25, 0.3) is 5.78 Å². The Morgan fingerprint density at radius 2 is 2.00 bits per heavy atom. The van der Waals surface area contributed by atoms with Gasteiger partial charge in [0.15, 0.2) is 0 Å². The van der Waals surface area contributed by atoms with Crippen LogP contribution in [0, 0.1) is 6.92 Å². The first-order valence-electron chi connectivity index (χ1n) is 9.14. The second kappa shape index (κ2) is 8.49. The molecule has 0 spiro atoms. The van der Waals surface area contributed by atoms with Crippen LogP contribution in [0.3, 0.4) is 0 Å². The van der Waals surface area contributed by atoms with Crippen molar-refractivity contribution in [1.82, 2.24) is 29.4 Å². The lowest BCUT2D eigenvalue weighted by molar-refractivity contribution is -0.139. The van der Waals surface area contributed by atoms with Crippen molar-refractivity contribution in [2.45, 2.75) is 19.8 Å². The second-order valence-corrected chi connectivity index (χ2v) is 6.82. The van der Waals surface area contributed by atoms with Gasteiger partial charge in [-0.25, -0.2) is 4.98 Å². The number of aromatic nitrogens is 4. The lowest BCUT2D eigenvalue weighted by Gasteiger charge is -2.32. The molecule has 10 heteroatoms. The Hall–Kier alpha value is -2.46. The topological polar surface area (TPSA) is 108 Å². The van der Waals surface area contributed by atoms with Gasteiger partial charge in [0.1, 0.15) is 0 Å². The zero-order valence-electron chi connectivity index (χ0n) is 16.1. The normalized spacial score (nSPS) is 16.0. The number of methoxy groups -OCH3 is 1. The molecule has 0 unspecified atom stereocenters. The molecule has 2 aromatic rings. The number of piperazine rings is 1. The van der Waals surface area contributed by atoms with Crippen molar-refractivity contribution < 1.29 is 14.6 Å². The Morgan fingerprint density at radius 3 is 2.70 bits per heavy atom. The zero-order valence-corrected chi connectivity index (χ0v) is 16.1. The quantitative estimate of drug-likeness (QED) is 0.505. The van der Waals surface area contributed by atoms with Crippen LogP contribution in [0.4, 0.5) is 5.95 Å². The molecule has 1 aliphatic heterocycles. The van der Waals surface area contributed by atoms with E-state index in [1.165, 1.54) is 11.6 Å². The molecule has 0 amide bonds. The Kier molecular flexibility index (Phi) is 6.07. The molecular formula is C17H27N7O3. The molecule has 0 aromatic carbocycles. The number of esters is 1. The highest BCUT2D eigenvalue weighted by molar-refractivity contribution is 5.73. The third kappa shape index (κ3) is 4.64. The van der Waals surface area contributed by atoms with Crippen LogP contribution in [0.15, 0.2) is 0 Å². The van der Waals surface area contributed by atoms with Gasteiger partial charge in [0.2, 0.25) is 11.8 Å². The van der Waals surface area contributed by atoms with Crippen molar-refractivity contribution in [2.24, 2.45) is 0 Å². The fourth-order valence-electron chi connectivity index (χ4n) is 3.10. The number of nitrogens with one attached hydrogen (secondary N) is 1. The Bertz CT molecular complexity index is 799. The molecule has 0 saturated carbocycles. The second-order valence-electron chi connectivity index (χ2n) is 6.82. The summed E-state index contributed by atoms with van der Waals surface area (Å²) < 4.78 is 5.90. The predicted octanol–water partition coefficient (Wildman–Crippen LogP) is -0.0968. The van der Waals surface area contributed by atoms with E-state index in [2.05, 4.69) is 42.0 Å². The van der Waals surface area contributed by atoms with Gasteiger partial charge < -0.3 is 25.0 Å². The number of likely N-dealkylation sites (N-methyl/N-ethyl adjacent to an activating group) is 1. The van der Waals surface area contributed by atoms with Crippen LogP contribution >= 0.6 is 0 Å². The standard InChI is InChI=1S/C17H27N7O3/c1-12-13(11-14(25)27-3)15(26)24-17(19-12)20-16(21-24)18-5-4-6-23-9-7-22(2)8-10-23/h26H,4-11H2,1-3H3,(H,18,21). The number of anilines is 1. The fraction of sp³-hybridized carbons (Fsp3) is 0.647. The van der Waals surface area contributed by atoms with Gasteiger partial charge >= 0.3 is 5.97 Å². The molecule has 1 fully saturated rings. The number of rotatable bonds is 7. The molecule has 3 heterocycles. The van der Waals surface area contributed by atoms with Gasteiger partial charge in [0.25, 0.3) is 5.78 Å². The van der Waals surface area contributed by atoms with E-state index >= 15 is 0 Å². The minimum Gasteiger partial charge on any atom is -0.493 e. The van der Waals surface area contributed by atoms with E-state index in [9.17, 15) is 9.90 Å². The molecule has 2 N–H and O–H groups in total. The summed E-state index contributed by atoms with van der Waals surface area (Å²) in [5.74, 6) is 0.115. The van der Waals surface area contributed by atoms with Crippen molar-refractivity contribution in [3.63, 3.8) is 0 Å². The van der Waals surface area contributed by atoms with Crippen LogP contribution in [0.1, 0.15) is 17.7 Å². The molecule has 1 saturated heterocycles. The van der Waals surface area contributed by atoms with Gasteiger partial charge in [-0.2, -0.15) is 9.50 Å². The van der Waals surface area contributed by atoms with Crippen molar-refractivity contribution in [1.29, 1.82) is 0 Å². The first-order valence-corrected chi connectivity index (χ1v) is 9.14. The molecule has 27 heavy (non-hydrogen) atoms. The minimum absolute atomic E-state index is 0.0647. The molecule has 0 atom stereocenters. The van der Waals surface area contributed by atoms with Gasteiger partial charge in [-0.05, 0) is 26.9 Å². The van der Waals surface area contributed by atoms with Gasteiger partial charge in [-0.15, -0.1) is 5.10 Å². The maximum Gasteiger partial charge on any atom is 0.310 e. The summed E-state index contributed by atoms with van der Waals surface area (Å²) >= 11 is 0. The number of ether oxygens (including phenoxy) is 1. The summed E-state index contributed by atoms with van der Waals surface area (Å²) in [5, 5.41) is 17.9. The summed E-state index contributed by atoms with van der Waals surface area (Å²) in [4.78, 5) is 24.9. The van der Waals surface area contributed by atoms with Crippen LogP contribution in [-0.2, 0) is 16.0 Å². The average molecular weight is 377 g/mol. The van der Waals surface area contributed by atoms with Crippen LogP contribution in [0.5, 0.6) is 5.88 Å². The molecule has 0 bridgehead atoms. The Labute approximate surface area is 158 Å². The smallest absolute Gasteiger partial charge is 0.310 e. The number of carbonyl (C=O) groups excluding carboxylic acids is 1. The maximum absolute atomic E-state index is 11.5. The van der Waals surface area contributed by atoms with E-state index in [-0.39, 0.29) is 12.3 Å². The highest BCUT2D eigenvalue weighted by Gasteiger charge is 2.18. The van der Waals surface area contributed by atoms with Crippen LogP contribution in [-0.4, -0.2) is 93.9 Å². The zero-order chi connectivity index (χ0) is 19.4. The molecule has 1 aliphatic rings. The summed E-state index contributed by atoms with van der Waals surface area (Å²) in [5.41, 5.74) is 0.917. The number of aryl methyl sites for hydroxylation is 1. The van der Waals surface area contributed by atoms with Crippen molar-refractivity contribution in [2.75, 3.05) is 58.7 Å². The molecule has 3 rings (SSSR count). The van der Waals surface area contributed by atoms with E-state index < -0.39 is 5.97 Å². The molecule has 2 aromatic heterocycles. The molecule has 0 radical (unpaired) electrons. The van der Waals surface area contributed by atoms with Crippen molar-refractivity contribution >= 4 is 17.7 Å². The molecule has 0 aliphatic carbocycles. The first-order chi connectivity index (χ1) is 13.0. The molecule has 10 nitrogen and oxygen atoms in total. The average Bonchev–Trinajstić information content (AvgIpc) is 3.06. The highest BCUT2D eigenvalue weighted by Crippen LogP contribution is 2.22. The van der Waals surface area contributed by atoms with Crippen molar-refractivity contribution in [3.05, 3.63) is 11.3 Å². The maximum atomic E-state index is 11.5. The number of fused-ring (bicyclic) bond motifs is 1.